The fourth-order valence-corrected chi connectivity index (χ4v) is 10.6. The molecule has 0 saturated heterocycles. The van der Waals surface area contributed by atoms with E-state index in [1.807, 2.05) is 0 Å². The maximum Gasteiger partial charge on any atom is 0.0644 e. The Morgan fingerprint density at radius 2 is 0.600 bits per heavy atom. The summed E-state index contributed by atoms with van der Waals surface area (Å²) in [6, 6.07) is 0. The molecular formula is C40H64O4Ti. The van der Waals surface area contributed by atoms with Crippen molar-refractivity contribution in [2.75, 3.05) is 26.4 Å². The fraction of sp³-hybridized carbons (Fsp3) is 0.800. The van der Waals surface area contributed by atoms with Crippen LogP contribution in [-0.4, -0.2) is 46.9 Å². The molecule has 0 spiro atoms. The van der Waals surface area contributed by atoms with Crippen molar-refractivity contribution in [1.29, 1.82) is 0 Å². The Kier molecular flexibility index (Phi) is 11.4. The van der Waals surface area contributed by atoms with Crippen LogP contribution in [0.25, 0.3) is 0 Å². The molecule has 0 radical (unpaired) electrons. The van der Waals surface area contributed by atoms with Gasteiger partial charge in [0.2, 0.25) is 0 Å². The van der Waals surface area contributed by atoms with Crippen LogP contribution in [0.1, 0.15) is 107 Å². The van der Waals surface area contributed by atoms with Gasteiger partial charge in [-0.2, -0.15) is 0 Å². The summed E-state index contributed by atoms with van der Waals surface area (Å²) in [5, 5.41) is 36.2. The first-order valence-electron chi connectivity index (χ1n) is 17.8. The molecule has 0 aromatic carbocycles. The van der Waals surface area contributed by atoms with E-state index in [0.29, 0.717) is 45.3 Å². The predicted molar refractivity (Wildman–Crippen MR) is 181 cm³/mol. The van der Waals surface area contributed by atoms with Gasteiger partial charge in [-0.15, -0.1) is 0 Å². The first-order valence-corrected chi connectivity index (χ1v) is 17.8. The third-order valence-electron chi connectivity index (χ3n) is 15.1. The minimum Gasteiger partial charge on any atom is -0.392 e. The van der Waals surface area contributed by atoms with Gasteiger partial charge in [-0.25, -0.2) is 0 Å². The van der Waals surface area contributed by atoms with Crippen molar-refractivity contribution in [3.8, 4) is 0 Å². The number of hydrogen-bond donors (Lipinski definition) is 4. The minimum absolute atomic E-state index is 0. The first-order chi connectivity index (χ1) is 20.6. The van der Waals surface area contributed by atoms with E-state index in [9.17, 15) is 0 Å². The first kappa shape index (κ1) is 37.3. The number of hydrogen-bond acceptors (Lipinski definition) is 4. The van der Waals surface area contributed by atoms with Gasteiger partial charge in [-0.3, -0.25) is 0 Å². The molecule has 4 saturated carbocycles. The third-order valence-corrected chi connectivity index (χ3v) is 15.1. The number of allylic oxidation sites excluding steroid dienone is 4. The molecule has 0 aromatic heterocycles. The van der Waals surface area contributed by atoms with Gasteiger partial charge in [0.15, 0.2) is 0 Å². The van der Waals surface area contributed by atoms with Crippen molar-refractivity contribution in [2.45, 2.75) is 107 Å². The molecular weight excluding hydrogens is 592 g/mol. The van der Waals surface area contributed by atoms with Crippen LogP contribution in [0.5, 0.6) is 0 Å². The summed E-state index contributed by atoms with van der Waals surface area (Å²) in [5.74, 6) is 6.31. The fourth-order valence-electron chi connectivity index (χ4n) is 10.6. The van der Waals surface area contributed by atoms with Crippen molar-refractivity contribution in [3.63, 3.8) is 0 Å². The van der Waals surface area contributed by atoms with Gasteiger partial charge in [-0.1, -0.05) is 79.7 Å². The van der Waals surface area contributed by atoms with Crippen LogP contribution < -0.4 is 0 Å². The van der Waals surface area contributed by atoms with Gasteiger partial charge in [0.05, 0.1) is 26.4 Å². The summed E-state index contributed by atoms with van der Waals surface area (Å²) < 4.78 is 0. The second-order valence-electron chi connectivity index (χ2n) is 17.9. The summed E-state index contributed by atoms with van der Waals surface area (Å²) in [6.07, 6.45) is 19.0. The second kappa shape index (κ2) is 13.8. The molecule has 8 bridgehead atoms. The van der Waals surface area contributed by atoms with Crippen molar-refractivity contribution in [3.05, 3.63) is 46.6 Å². The van der Waals surface area contributed by atoms with E-state index >= 15 is 0 Å². The smallest absolute Gasteiger partial charge is 0.0644 e. The van der Waals surface area contributed by atoms with Crippen molar-refractivity contribution in [1.82, 2.24) is 0 Å². The van der Waals surface area contributed by atoms with Crippen molar-refractivity contribution >= 4 is 0 Å². The number of fused-ring (bicyclic) bond motifs is 4. The van der Waals surface area contributed by atoms with Gasteiger partial charge in [-0.05, 0) is 143 Å². The predicted octanol–water partition coefficient (Wildman–Crippen LogP) is 7.88. The molecule has 12 aliphatic carbocycles. The second-order valence-corrected chi connectivity index (χ2v) is 17.9. The Bertz CT molecular complexity index is 1000. The van der Waals surface area contributed by atoms with Crippen LogP contribution in [0.15, 0.2) is 46.6 Å². The zero-order chi connectivity index (χ0) is 32.2. The molecule has 252 valence electrons. The van der Waals surface area contributed by atoms with Gasteiger partial charge in [0.1, 0.15) is 0 Å². The molecule has 4 nitrogen and oxygen atoms in total. The number of rotatable bonds is 4. The zero-order valence-electron chi connectivity index (χ0n) is 29.7. The summed E-state index contributed by atoms with van der Waals surface area (Å²) in [4.78, 5) is 0. The molecule has 0 aromatic rings. The zero-order valence-corrected chi connectivity index (χ0v) is 31.3. The van der Waals surface area contributed by atoms with Crippen LogP contribution in [0, 0.1) is 69.0 Å². The third kappa shape index (κ3) is 6.49. The monoisotopic (exact) mass is 656 g/mol. The molecule has 45 heavy (non-hydrogen) atoms. The molecule has 5 heteroatoms. The van der Waals surface area contributed by atoms with Gasteiger partial charge in [0, 0.05) is 21.7 Å². The van der Waals surface area contributed by atoms with Crippen LogP contribution in [0.4, 0.5) is 0 Å². The number of aliphatic hydroxyl groups is 4. The average Bonchev–Trinajstić information content (AvgIpc) is 3.04. The Morgan fingerprint density at radius 3 is 0.689 bits per heavy atom. The summed E-state index contributed by atoms with van der Waals surface area (Å²) in [5.41, 5.74) is 7.07. The number of aliphatic hydroxyl groups excluding tert-OH is 4. The molecule has 12 aliphatic rings. The van der Waals surface area contributed by atoms with E-state index < -0.39 is 0 Å². The topological polar surface area (TPSA) is 80.9 Å². The van der Waals surface area contributed by atoms with Crippen LogP contribution >= 0.6 is 0 Å². The Morgan fingerprint density at radius 1 is 0.422 bits per heavy atom. The van der Waals surface area contributed by atoms with Crippen molar-refractivity contribution in [2.24, 2.45) is 69.0 Å². The molecule has 4 fully saturated rings. The normalized spacial score (nSPS) is 38.5. The average molecular weight is 657 g/mol. The maximum absolute atomic E-state index is 9.05. The van der Waals surface area contributed by atoms with Crippen molar-refractivity contribution < 1.29 is 42.1 Å². The van der Waals surface area contributed by atoms with Gasteiger partial charge >= 0.3 is 0 Å². The van der Waals surface area contributed by atoms with Gasteiger partial charge < -0.3 is 20.4 Å². The largest absolute Gasteiger partial charge is 0.392 e. The quantitative estimate of drug-likeness (QED) is 0.183. The maximum atomic E-state index is 9.05. The molecule has 8 unspecified atom stereocenters. The Labute approximate surface area is 289 Å². The van der Waals surface area contributed by atoms with E-state index in [1.165, 1.54) is 73.7 Å². The molecule has 0 aliphatic heterocycles. The van der Waals surface area contributed by atoms with Crippen LogP contribution in [0.2, 0.25) is 0 Å². The van der Waals surface area contributed by atoms with Gasteiger partial charge in [0.25, 0.3) is 0 Å². The van der Waals surface area contributed by atoms with Crippen LogP contribution in [0.3, 0.4) is 0 Å². The Balaban J connectivity index is 0.000000136. The van der Waals surface area contributed by atoms with Crippen LogP contribution in [-0.2, 0) is 21.7 Å². The summed E-state index contributed by atoms with van der Waals surface area (Å²) in [6.45, 7) is 19.7. The minimum atomic E-state index is 0. The molecule has 0 heterocycles. The Hall–Kier alpha value is -0.486. The van der Waals surface area contributed by atoms with E-state index in [4.69, 9.17) is 20.4 Å². The molecule has 12 rings (SSSR count). The van der Waals surface area contributed by atoms with E-state index in [1.54, 1.807) is 0 Å². The summed E-state index contributed by atoms with van der Waals surface area (Å²) >= 11 is 0. The molecule has 4 N–H and O–H groups in total. The molecule has 0 amide bonds. The van der Waals surface area contributed by atoms with E-state index in [0.717, 1.165) is 23.7 Å². The summed E-state index contributed by atoms with van der Waals surface area (Å²) in [7, 11) is 0. The molecule has 8 atom stereocenters. The standard InChI is InChI=1S/4C10H16O.Ti/c4*1-10(2)8-4-3-7(6-11)9(10)5-8;/h4*3,8-9,11H,4-6H2,1-2H3;. The SMILES string of the molecule is CC1(C)C2CC=C(CO)C1C2.CC1(C)C2CC=C(CO)C1C2.CC1(C)C2CC=C(CO)C1C2.CC1(C)C2CC=C(CO)C1C2.[Ti]. The van der Waals surface area contributed by atoms with E-state index in [-0.39, 0.29) is 48.1 Å². The van der Waals surface area contributed by atoms with E-state index in [2.05, 4.69) is 79.7 Å².